The van der Waals surface area contributed by atoms with E-state index in [0.717, 1.165) is 56.2 Å². The highest BCUT2D eigenvalue weighted by Gasteiger charge is 2.37. The zero-order valence-electron chi connectivity index (χ0n) is 21.7. The summed E-state index contributed by atoms with van der Waals surface area (Å²) in [5, 5.41) is 13.7. The number of aromatic nitrogens is 2. The van der Waals surface area contributed by atoms with Gasteiger partial charge in [0.2, 0.25) is 5.91 Å². The van der Waals surface area contributed by atoms with E-state index in [1.54, 1.807) is 11.1 Å². The van der Waals surface area contributed by atoms with Crippen LogP contribution < -0.4 is 10.1 Å². The van der Waals surface area contributed by atoms with Crippen molar-refractivity contribution in [2.75, 3.05) is 6.54 Å². The molecule has 1 unspecified atom stereocenters. The Morgan fingerprint density at radius 3 is 2.77 bits per heavy atom. The van der Waals surface area contributed by atoms with Crippen LogP contribution in [0.3, 0.4) is 0 Å². The van der Waals surface area contributed by atoms with E-state index < -0.39 is 12.1 Å². The number of amides is 2. The molecule has 0 aliphatic carbocycles. The van der Waals surface area contributed by atoms with Gasteiger partial charge in [-0.25, -0.2) is 9.78 Å². The van der Waals surface area contributed by atoms with E-state index in [1.807, 2.05) is 13.8 Å². The number of hydrogen-bond donors (Lipinski definition) is 3. The quantitative estimate of drug-likeness (QED) is 0.246. The minimum absolute atomic E-state index is 0.162. The summed E-state index contributed by atoms with van der Waals surface area (Å²) in [5.74, 6) is 1.24. The van der Waals surface area contributed by atoms with Crippen molar-refractivity contribution in [2.24, 2.45) is 5.92 Å². The molecule has 39 heavy (non-hydrogen) atoms. The first-order valence-electron chi connectivity index (χ1n) is 13.1. The molecule has 2 aliphatic heterocycles. The van der Waals surface area contributed by atoms with Crippen LogP contribution in [0, 0.1) is 5.92 Å². The molecule has 1 aromatic heterocycles. The largest absolute Gasteiger partial charge is 0.488 e. The molecule has 9 heteroatoms. The Balaban J connectivity index is 1.28. The first-order chi connectivity index (χ1) is 18.8. The number of likely N-dealkylation sites (tertiary alicyclic amines) is 1. The van der Waals surface area contributed by atoms with E-state index in [4.69, 9.17) is 4.74 Å². The van der Waals surface area contributed by atoms with Crippen molar-refractivity contribution in [2.45, 2.75) is 45.4 Å². The lowest BCUT2D eigenvalue weighted by atomic mass is 9.93. The minimum Gasteiger partial charge on any atom is -0.488 e. The molecule has 6 rings (SSSR count). The number of nitrogens with zero attached hydrogens (tertiary/aromatic N) is 2. The van der Waals surface area contributed by atoms with E-state index >= 15 is 0 Å². The van der Waals surface area contributed by atoms with Crippen molar-refractivity contribution in [1.29, 1.82) is 0 Å². The van der Waals surface area contributed by atoms with Gasteiger partial charge < -0.3 is 25.0 Å². The molecule has 1 saturated heterocycles. The molecule has 2 aliphatic rings. The van der Waals surface area contributed by atoms with Gasteiger partial charge in [0.05, 0.1) is 17.9 Å². The van der Waals surface area contributed by atoms with Crippen molar-refractivity contribution < 1.29 is 19.4 Å². The molecule has 3 aromatic carbocycles. The lowest BCUT2D eigenvalue weighted by molar-refractivity contribution is -0.135. The zero-order chi connectivity index (χ0) is 27.3. The van der Waals surface area contributed by atoms with Crippen molar-refractivity contribution in [1.82, 2.24) is 20.2 Å². The molecular formula is C30H29BrN4O4. The molecule has 2 atom stereocenters. The fourth-order valence-corrected chi connectivity index (χ4v) is 6.13. The summed E-state index contributed by atoms with van der Waals surface area (Å²) in [5.41, 5.74) is 5.30. The molecule has 0 saturated carbocycles. The van der Waals surface area contributed by atoms with E-state index in [0.29, 0.717) is 19.0 Å². The van der Waals surface area contributed by atoms with E-state index in [-0.39, 0.29) is 17.9 Å². The third kappa shape index (κ3) is 4.65. The number of benzene rings is 3. The lowest BCUT2D eigenvalue weighted by Gasteiger charge is -2.29. The number of fused-ring (bicyclic) bond motifs is 5. The molecular weight excluding hydrogens is 560 g/mol. The van der Waals surface area contributed by atoms with Gasteiger partial charge in [0.25, 0.3) is 0 Å². The second-order valence-corrected chi connectivity index (χ2v) is 11.4. The van der Waals surface area contributed by atoms with E-state index in [9.17, 15) is 14.7 Å². The first-order valence-corrected chi connectivity index (χ1v) is 13.9. The van der Waals surface area contributed by atoms with Gasteiger partial charge in [-0.1, -0.05) is 54.0 Å². The molecule has 8 nitrogen and oxygen atoms in total. The number of rotatable bonds is 5. The van der Waals surface area contributed by atoms with Gasteiger partial charge >= 0.3 is 6.09 Å². The van der Waals surface area contributed by atoms with Crippen LogP contribution in [-0.2, 0) is 11.4 Å². The average Bonchev–Trinajstić information content (AvgIpc) is 3.60. The third-order valence-corrected chi connectivity index (χ3v) is 8.16. The highest BCUT2D eigenvalue weighted by atomic mass is 79.9. The Labute approximate surface area is 234 Å². The molecule has 1 fully saturated rings. The number of H-pyrrole nitrogens is 1. The molecule has 4 aromatic rings. The van der Waals surface area contributed by atoms with Crippen LogP contribution in [0.5, 0.6) is 5.75 Å². The van der Waals surface area contributed by atoms with Crippen molar-refractivity contribution in [3.05, 3.63) is 70.6 Å². The summed E-state index contributed by atoms with van der Waals surface area (Å²) < 4.78 is 7.25. The highest BCUT2D eigenvalue weighted by molar-refractivity contribution is 9.10. The third-order valence-electron chi connectivity index (χ3n) is 7.67. The average molecular weight is 589 g/mol. The number of ether oxygens (including phenoxy) is 1. The maximum absolute atomic E-state index is 13.3. The highest BCUT2D eigenvalue weighted by Crippen LogP contribution is 2.43. The number of carbonyl (C=O) groups is 2. The number of carboxylic acid groups (broad SMARTS) is 1. The van der Waals surface area contributed by atoms with Gasteiger partial charge in [0.1, 0.15) is 24.2 Å². The molecule has 3 heterocycles. The summed E-state index contributed by atoms with van der Waals surface area (Å²) >= 11 is 3.55. The fraction of sp³-hybridized carbons (Fsp3) is 0.300. The van der Waals surface area contributed by atoms with Gasteiger partial charge in [-0.15, -0.1) is 0 Å². The molecule has 0 spiro atoms. The number of carbonyl (C=O) groups excluding carboxylic acids is 1. The normalized spacial score (nSPS) is 17.0. The number of aromatic amines is 1. The van der Waals surface area contributed by atoms with Gasteiger partial charge in [-0.05, 0) is 59.5 Å². The van der Waals surface area contributed by atoms with Crippen LogP contribution in [0.2, 0.25) is 0 Å². The maximum atomic E-state index is 13.3. The molecule has 200 valence electrons. The molecule has 3 N–H and O–H groups in total. The summed E-state index contributed by atoms with van der Waals surface area (Å²) in [6.07, 6.45) is 2.22. The molecule has 0 bridgehead atoms. The van der Waals surface area contributed by atoms with Crippen LogP contribution in [0.25, 0.3) is 33.2 Å². The van der Waals surface area contributed by atoms with Gasteiger partial charge in [-0.2, -0.15) is 0 Å². The maximum Gasteiger partial charge on any atom is 0.405 e. The Morgan fingerprint density at radius 2 is 1.97 bits per heavy atom. The Hall–Kier alpha value is -3.85. The van der Waals surface area contributed by atoms with Crippen molar-refractivity contribution in [3.63, 3.8) is 0 Å². The first kappa shape index (κ1) is 25.4. The van der Waals surface area contributed by atoms with Crippen LogP contribution in [0.15, 0.2) is 59.2 Å². The van der Waals surface area contributed by atoms with Gasteiger partial charge in [0.15, 0.2) is 0 Å². The van der Waals surface area contributed by atoms with Crippen molar-refractivity contribution in [3.8, 4) is 28.1 Å². The number of imidazole rings is 1. The van der Waals surface area contributed by atoms with E-state index in [2.05, 4.69) is 79.7 Å². The van der Waals surface area contributed by atoms with Gasteiger partial charge in [0, 0.05) is 27.5 Å². The predicted octanol–water partition coefficient (Wildman–Crippen LogP) is 6.51. The van der Waals surface area contributed by atoms with Crippen LogP contribution >= 0.6 is 15.9 Å². The van der Waals surface area contributed by atoms with Gasteiger partial charge in [-0.3, -0.25) is 4.79 Å². The molecule has 0 radical (unpaired) electrons. The Bertz CT molecular complexity index is 1600. The van der Waals surface area contributed by atoms with Crippen molar-refractivity contribution >= 4 is 38.7 Å². The van der Waals surface area contributed by atoms with Crippen LogP contribution in [-0.4, -0.2) is 44.6 Å². The molecule has 2 amide bonds. The summed E-state index contributed by atoms with van der Waals surface area (Å²) in [6, 6.07) is 15.8. The smallest absolute Gasteiger partial charge is 0.405 e. The topological polar surface area (TPSA) is 108 Å². The summed E-state index contributed by atoms with van der Waals surface area (Å²) in [7, 11) is 0. The number of hydrogen-bond acceptors (Lipinski definition) is 4. The number of halogens is 1. The SMILES string of the molecule is CC(C)C(NC(=O)O)C(=O)N1CCC[C@H]1c1ncc(-c2ccc3c4c(ccc3c2)-c2ccc(Br)cc2CO4)[nH]1. The second kappa shape index (κ2) is 10.0. The Kier molecular flexibility index (Phi) is 6.54. The minimum atomic E-state index is -1.20. The number of nitrogens with one attached hydrogen (secondary N) is 2. The summed E-state index contributed by atoms with van der Waals surface area (Å²) in [4.78, 5) is 34.4. The predicted molar refractivity (Wildman–Crippen MR) is 152 cm³/mol. The van der Waals surface area contributed by atoms with Crippen LogP contribution in [0.1, 0.15) is 44.1 Å². The Morgan fingerprint density at radius 1 is 1.15 bits per heavy atom. The van der Waals surface area contributed by atoms with E-state index in [1.165, 1.54) is 5.56 Å². The second-order valence-electron chi connectivity index (χ2n) is 10.5. The fourth-order valence-electron chi connectivity index (χ4n) is 5.72. The lowest BCUT2D eigenvalue weighted by Crippen LogP contribution is -2.50. The monoisotopic (exact) mass is 588 g/mol. The van der Waals surface area contributed by atoms with Crippen LogP contribution in [0.4, 0.5) is 4.79 Å². The zero-order valence-corrected chi connectivity index (χ0v) is 23.3. The standard InChI is InChI=1S/C30H29BrN4O4/c1-16(2)26(34-30(37)38)29(36)35-11-3-4-25(35)28-32-14-24(33-28)18-6-8-22-17(12-18)5-9-23-21-10-7-20(31)13-19(21)15-39-27(22)23/h5-10,12-14,16,25-26,34H,3-4,11,15H2,1-2H3,(H,32,33)(H,37,38)/t25-,26?/m0/s1. The summed E-state index contributed by atoms with van der Waals surface area (Å²) in [6.45, 7) is 4.79.